The summed E-state index contributed by atoms with van der Waals surface area (Å²) in [6, 6.07) is 11.1. The lowest BCUT2D eigenvalue weighted by molar-refractivity contribution is -0.127. The minimum absolute atomic E-state index is 0.303. The number of amides is 1. The molecule has 30 heavy (non-hydrogen) atoms. The van der Waals surface area contributed by atoms with Crippen molar-refractivity contribution < 1.29 is 4.79 Å². The van der Waals surface area contributed by atoms with Crippen LogP contribution in [0.4, 0.5) is 0 Å². The van der Waals surface area contributed by atoms with E-state index in [2.05, 4.69) is 59.7 Å². The Labute approximate surface area is 182 Å². The maximum atomic E-state index is 11.8. The van der Waals surface area contributed by atoms with Crippen LogP contribution in [0.25, 0.3) is 0 Å². The molecule has 1 aromatic carbocycles. The number of nitrogens with zero attached hydrogens (tertiary/aromatic N) is 3. The largest absolute Gasteiger partial charge is 0.357 e. The van der Waals surface area contributed by atoms with Crippen molar-refractivity contribution >= 4 is 11.9 Å². The number of carbonyl (C=O) groups excluding carboxylic acids is 1. The second kappa shape index (κ2) is 11.9. The third-order valence-electron chi connectivity index (χ3n) is 6.28. The third-order valence-corrected chi connectivity index (χ3v) is 6.28. The molecule has 0 saturated carbocycles. The summed E-state index contributed by atoms with van der Waals surface area (Å²) in [5.74, 6) is 2.00. The number of rotatable bonds is 9. The van der Waals surface area contributed by atoms with Crippen LogP contribution in [-0.4, -0.2) is 67.5 Å². The number of likely N-dealkylation sites (tertiary alicyclic amines) is 2. The molecule has 6 heteroatoms. The van der Waals surface area contributed by atoms with Crippen molar-refractivity contribution in [3.8, 4) is 0 Å². The van der Waals surface area contributed by atoms with Gasteiger partial charge in [-0.1, -0.05) is 37.3 Å². The summed E-state index contributed by atoms with van der Waals surface area (Å²) in [4.78, 5) is 21.3. The average Bonchev–Trinajstić information content (AvgIpc) is 3.18. The van der Waals surface area contributed by atoms with Gasteiger partial charge in [0.25, 0.3) is 0 Å². The van der Waals surface area contributed by atoms with Crippen molar-refractivity contribution in [1.82, 2.24) is 20.4 Å². The zero-order valence-electron chi connectivity index (χ0n) is 18.8. The van der Waals surface area contributed by atoms with Gasteiger partial charge >= 0.3 is 0 Å². The molecular weight excluding hydrogens is 374 g/mol. The molecule has 2 aliphatic rings. The number of hydrogen-bond donors (Lipinski definition) is 2. The highest BCUT2D eigenvalue weighted by Crippen LogP contribution is 2.27. The number of guanidine groups is 1. The minimum Gasteiger partial charge on any atom is -0.357 e. The highest BCUT2D eigenvalue weighted by atomic mass is 16.2. The highest BCUT2D eigenvalue weighted by Gasteiger charge is 2.24. The van der Waals surface area contributed by atoms with Gasteiger partial charge in [-0.15, -0.1) is 0 Å². The second-order valence-electron chi connectivity index (χ2n) is 8.63. The predicted molar refractivity (Wildman–Crippen MR) is 124 cm³/mol. The van der Waals surface area contributed by atoms with Crippen molar-refractivity contribution in [3.05, 3.63) is 35.9 Å². The Balaban J connectivity index is 1.56. The van der Waals surface area contributed by atoms with Gasteiger partial charge in [-0.05, 0) is 57.2 Å². The number of aliphatic imine (C=N–C) groups is 1. The van der Waals surface area contributed by atoms with E-state index in [1.165, 1.54) is 18.4 Å². The van der Waals surface area contributed by atoms with Gasteiger partial charge in [-0.3, -0.25) is 14.7 Å². The normalized spacial score (nSPS) is 19.9. The smallest absolute Gasteiger partial charge is 0.222 e. The van der Waals surface area contributed by atoms with E-state index in [4.69, 9.17) is 4.99 Å². The van der Waals surface area contributed by atoms with Crippen LogP contribution < -0.4 is 10.6 Å². The molecule has 1 amide bonds. The lowest BCUT2D eigenvalue weighted by Crippen LogP contribution is -2.41. The number of hydrogen-bond acceptors (Lipinski definition) is 3. The monoisotopic (exact) mass is 413 g/mol. The lowest BCUT2D eigenvalue weighted by Gasteiger charge is -2.36. The first-order valence-electron chi connectivity index (χ1n) is 11.8. The molecule has 2 heterocycles. The Bertz CT molecular complexity index is 669. The van der Waals surface area contributed by atoms with Crippen molar-refractivity contribution in [1.29, 1.82) is 0 Å². The number of nitrogens with one attached hydrogen (secondary N) is 2. The van der Waals surface area contributed by atoms with Crippen molar-refractivity contribution in [2.75, 3.05) is 45.8 Å². The van der Waals surface area contributed by atoms with E-state index in [0.29, 0.717) is 18.4 Å². The van der Waals surface area contributed by atoms with E-state index < -0.39 is 0 Å². The third kappa shape index (κ3) is 6.73. The molecule has 0 aromatic heterocycles. The van der Waals surface area contributed by atoms with Crippen LogP contribution in [0.1, 0.15) is 57.6 Å². The Morgan fingerprint density at radius 1 is 1.17 bits per heavy atom. The zero-order valence-corrected chi connectivity index (χ0v) is 18.8. The van der Waals surface area contributed by atoms with Crippen molar-refractivity contribution in [3.63, 3.8) is 0 Å². The van der Waals surface area contributed by atoms with E-state index >= 15 is 0 Å². The second-order valence-corrected chi connectivity index (χ2v) is 8.63. The van der Waals surface area contributed by atoms with Gasteiger partial charge in [0.1, 0.15) is 0 Å². The molecule has 3 rings (SSSR count). The Morgan fingerprint density at radius 2 is 1.93 bits per heavy atom. The summed E-state index contributed by atoms with van der Waals surface area (Å²) in [5, 5.41) is 6.84. The number of piperidine rings is 1. The van der Waals surface area contributed by atoms with E-state index in [1.807, 2.05) is 4.90 Å². The average molecular weight is 414 g/mol. The molecule has 0 bridgehead atoms. The molecule has 0 spiro atoms. The SMILES string of the molecule is CCNC(=NCC(c1ccccc1)N1CCC(C)CC1)NCCCN1CCCC1=O. The molecule has 2 N–H and O–H groups in total. The number of benzene rings is 1. The van der Waals surface area contributed by atoms with Crippen LogP contribution in [-0.2, 0) is 4.79 Å². The molecule has 1 atom stereocenters. The molecular formula is C24H39N5O. The summed E-state index contributed by atoms with van der Waals surface area (Å²) in [6.07, 6.45) is 5.20. The summed E-state index contributed by atoms with van der Waals surface area (Å²) in [7, 11) is 0. The van der Waals surface area contributed by atoms with Crippen LogP contribution in [0.3, 0.4) is 0 Å². The Kier molecular flexibility index (Phi) is 9.00. The molecule has 1 aromatic rings. The maximum absolute atomic E-state index is 11.8. The van der Waals surface area contributed by atoms with E-state index in [9.17, 15) is 4.79 Å². The summed E-state index contributed by atoms with van der Waals surface area (Å²) >= 11 is 0. The van der Waals surface area contributed by atoms with Gasteiger partial charge in [0.2, 0.25) is 5.91 Å². The summed E-state index contributed by atoms with van der Waals surface area (Å²) < 4.78 is 0. The maximum Gasteiger partial charge on any atom is 0.222 e. The van der Waals surface area contributed by atoms with Gasteiger partial charge in [0.15, 0.2) is 5.96 Å². The van der Waals surface area contributed by atoms with Crippen LogP contribution in [0.5, 0.6) is 0 Å². The summed E-state index contributed by atoms with van der Waals surface area (Å²) in [6.45, 7) is 10.9. The lowest BCUT2D eigenvalue weighted by atomic mass is 9.96. The molecule has 6 nitrogen and oxygen atoms in total. The quantitative estimate of drug-likeness (QED) is 0.371. The fourth-order valence-electron chi connectivity index (χ4n) is 4.38. The van der Waals surface area contributed by atoms with Crippen LogP contribution in [0.2, 0.25) is 0 Å². The molecule has 2 aliphatic heterocycles. The van der Waals surface area contributed by atoms with Gasteiger partial charge in [0.05, 0.1) is 12.6 Å². The molecule has 2 saturated heterocycles. The van der Waals surface area contributed by atoms with Crippen molar-refractivity contribution in [2.45, 2.75) is 52.0 Å². The fourth-order valence-corrected chi connectivity index (χ4v) is 4.38. The topological polar surface area (TPSA) is 60.0 Å². The van der Waals surface area contributed by atoms with Crippen molar-refractivity contribution in [2.24, 2.45) is 10.9 Å². The first kappa shape index (κ1) is 22.6. The van der Waals surface area contributed by atoms with Crippen LogP contribution >= 0.6 is 0 Å². The molecule has 0 aliphatic carbocycles. The predicted octanol–water partition coefficient (Wildman–Crippen LogP) is 3.03. The van der Waals surface area contributed by atoms with Crippen LogP contribution in [0, 0.1) is 5.92 Å². The first-order valence-corrected chi connectivity index (χ1v) is 11.8. The zero-order chi connectivity index (χ0) is 21.2. The standard InChI is InChI=1S/C24H39N5O/c1-3-25-24(26-14-8-16-29-15-7-11-23(29)30)27-19-22(21-9-5-4-6-10-21)28-17-12-20(2)13-18-28/h4-6,9-10,20,22H,3,7-8,11-19H2,1-2H3,(H2,25,26,27). The fraction of sp³-hybridized carbons (Fsp3) is 0.667. The molecule has 0 radical (unpaired) electrons. The van der Waals surface area contributed by atoms with Gasteiger partial charge in [0, 0.05) is 32.6 Å². The van der Waals surface area contributed by atoms with E-state index in [0.717, 1.165) is 70.5 Å². The molecule has 166 valence electrons. The molecule has 2 fully saturated rings. The van der Waals surface area contributed by atoms with Gasteiger partial charge in [-0.25, -0.2) is 0 Å². The number of carbonyl (C=O) groups is 1. The summed E-state index contributed by atoms with van der Waals surface area (Å²) in [5.41, 5.74) is 1.35. The minimum atomic E-state index is 0.303. The van der Waals surface area contributed by atoms with Gasteiger partial charge < -0.3 is 15.5 Å². The first-order chi connectivity index (χ1) is 14.7. The van der Waals surface area contributed by atoms with E-state index in [1.54, 1.807) is 0 Å². The Morgan fingerprint density at radius 3 is 2.60 bits per heavy atom. The molecule has 1 unspecified atom stereocenters. The van der Waals surface area contributed by atoms with E-state index in [-0.39, 0.29) is 0 Å². The van der Waals surface area contributed by atoms with Crippen LogP contribution in [0.15, 0.2) is 35.3 Å². The highest BCUT2D eigenvalue weighted by molar-refractivity contribution is 5.80. The Hall–Kier alpha value is -2.08. The van der Waals surface area contributed by atoms with Gasteiger partial charge in [-0.2, -0.15) is 0 Å².